The lowest BCUT2D eigenvalue weighted by Gasteiger charge is -2.35. The van der Waals surface area contributed by atoms with Gasteiger partial charge < -0.3 is 15.5 Å². The van der Waals surface area contributed by atoms with Gasteiger partial charge in [0.25, 0.3) is 0 Å². The second kappa shape index (κ2) is 11.1. The number of carbonyl (C=O) groups excluding carboxylic acids is 3. The number of piperazine rings is 1. The van der Waals surface area contributed by atoms with Crippen molar-refractivity contribution in [1.29, 1.82) is 0 Å². The molecule has 1 aliphatic heterocycles. The van der Waals surface area contributed by atoms with Crippen molar-refractivity contribution in [3.8, 4) is 0 Å². The minimum absolute atomic E-state index is 0.0610. The van der Waals surface area contributed by atoms with Crippen LogP contribution in [0.25, 0.3) is 0 Å². The van der Waals surface area contributed by atoms with Crippen LogP contribution < -0.4 is 10.6 Å². The summed E-state index contributed by atoms with van der Waals surface area (Å²) in [6.45, 7) is 3.73. The SMILES string of the molecule is CC(=O)N[C@@H](CC(=O)N1CCN(CC(=O)Nc2ccc(F)cc2)CC1)c1ccc(Cl)cc1. The van der Waals surface area contributed by atoms with Crippen molar-refractivity contribution < 1.29 is 18.8 Å². The predicted octanol–water partition coefficient (Wildman–Crippen LogP) is 2.83. The van der Waals surface area contributed by atoms with E-state index >= 15 is 0 Å². The van der Waals surface area contributed by atoms with Gasteiger partial charge in [-0.25, -0.2) is 4.39 Å². The zero-order valence-electron chi connectivity index (χ0n) is 17.8. The van der Waals surface area contributed by atoms with Gasteiger partial charge in [-0.15, -0.1) is 0 Å². The summed E-state index contributed by atoms with van der Waals surface area (Å²) in [5.41, 5.74) is 1.35. The largest absolute Gasteiger partial charge is 0.349 e. The standard InChI is InChI=1S/C23H26ClFN4O3/c1-16(30)26-21(17-2-4-18(24)5-3-17)14-23(32)29-12-10-28(11-13-29)15-22(31)27-20-8-6-19(25)7-9-20/h2-9,21H,10-15H2,1H3,(H,26,30)(H,27,31)/t21-/m0/s1. The van der Waals surface area contributed by atoms with Crippen molar-refractivity contribution in [3.05, 3.63) is 64.9 Å². The molecule has 1 saturated heterocycles. The van der Waals surface area contributed by atoms with Crippen molar-refractivity contribution in [2.24, 2.45) is 0 Å². The first-order chi connectivity index (χ1) is 15.3. The van der Waals surface area contributed by atoms with Crippen LogP contribution in [0.1, 0.15) is 24.9 Å². The van der Waals surface area contributed by atoms with Gasteiger partial charge in [-0.05, 0) is 42.0 Å². The first-order valence-corrected chi connectivity index (χ1v) is 10.8. The van der Waals surface area contributed by atoms with Crippen LogP contribution in [0, 0.1) is 5.82 Å². The fourth-order valence-corrected chi connectivity index (χ4v) is 3.71. The van der Waals surface area contributed by atoms with Gasteiger partial charge >= 0.3 is 0 Å². The number of amides is 3. The summed E-state index contributed by atoms with van der Waals surface area (Å²) >= 11 is 5.94. The van der Waals surface area contributed by atoms with E-state index in [-0.39, 0.29) is 36.5 Å². The molecule has 0 bridgehead atoms. The molecule has 1 atom stereocenters. The summed E-state index contributed by atoms with van der Waals surface area (Å²) in [6, 6.07) is 12.2. The Morgan fingerprint density at radius 2 is 1.62 bits per heavy atom. The number of benzene rings is 2. The molecule has 1 fully saturated rings. The Morgan fingerprint density at radius 1 is 1.00 bits per heavy atom. The molecular formula is C23H26ClFN4O3. The number of nitrogens with zero attached hydrogens (tertiary/aromatic N) is 2. The summed E-state index contributed by atoms with van der Waals surface area (Å²) in [5.74, 6) is -0.825. The molecule has 170 valence electrons. The number of anilines is 1. The van der Waals surface area contributed by atoms with E-state index in [1.54, 1.807) is 29.2 Å². The lowest BCUT2D eigenvalue weighted by Crippen LogP contribution is -2.51. The Kier molecular flexibility index (Phi) is 8.19. The van der Waals surface area contributed by atoms with Crippen LogP contribution >= 0.6 is 11.6 Å². The summed E-state index contributed by atoms with van der Waals surface area (Å²) in [7, 11) is 0. The molecule has 0 aliphatic carbocycles. The van der Waals surface area contributed by atoms with Gasteiger partial charge in [-0.2, -0.15) is 0 Å². The Morgan fingerprint density at radius 3 is 2.22 bits per heavy atom. The molecule has 2 aromatic rings. The number of hydrogen-bond donors (Lipinski definition) is 2. The number of rotatable bonds is 7. The molecule has 0 saturated carbocycles. The molecule has 0 radical (unpaired) electrons. The number of hydrogen-bond acceptors (Lipinski definition) is 4. The first kappa shape index (κ1) is 23.7. The Bertz CT molecular complexity index is 945. The molecular weight excluding hydrogens is 435 g/mol. The molecule has 0 aromatic heterocycles. The monoisotopic (exact) mass is 460 g/mol. The third-order valence-electron chi connectivity index (χ3n) is 5.25. The summed E-state index contributed by atoms with van der Waals surface area (Å²) in [4.78, 5) is 40.4. The maximum Gasteiger partial charge on any atom is 0.238 e. The van der Waals surface area contributed by atoms with Crippen molar-refractivity contribution in [1.82, 2.24) is 15.1 Å². The number of nitrogens with one attached hydrogen (secondary N) is 2. The second-order valence-electron chi connectivity index (χ2n) is 7.72. The van der Waals surface area contributed by atoms with E-state index in [1.807, 2.05) is 4.90 Å². The topological polar surface area (TPSA) is 81.8 Å². The molecule has 2 N–H and O–H groups in total. The smallest absolute Gasteiger partial charge is 0.238 e. The molecule has 1 heterocycles. The van der Waals surface area contributed by atoms with E-state index in [2.05, 4.69) is 10.6 Å². The molecule has 2 aromatic carbocycles. The quantitative estimate of drug-likeness (QED) is 0.665. The molecule has 1 aliphatic rings. The molecule has 0 unspecified atom stereocenters. The number of halogens is 2. The third kappa shape index (κ3) is 7.03. The average molecular weight is 461 g/mol. The Balaban J connectivity index is 1.49. The Hall–Kier alpha value is -2.97. The summed E-state index contributed by atoms with van der Waals surface area (Å²) in [5, 5.41) is 6.15. The van der Waals surface area contributed by atoms with Gasteiger partial charge in [0.15, 0.2) is 0 Å². The number of carbonyl (C=O) groups is 3. The zero-order valence-corrected chi connectivity index (χ0v) is 18.6. The van der Waals surface area contributed by atoms with Crippen molar-refractivity contribution in [3.63, 3.8) is 0 Å². The van der Waals surface area contributed by atoms with E-state index in [9.17, 15) is 18.8 Å². The zero-order chi connectivity index (χ0) is 23.1. The van der Waals surface area contributed by atoms with Crippen molar-refractivity contribution in [2.45, 2.75) is 19.4 Å². The van der Waals surface area contributed by atoms with Gasteiger partial charge in [0, 0.05) is 43.8 Å². The highest BCUT2D eigenvalue weighted by atomic mass is 35.5. The fraction of sp³-hybridized carbons (Fsp3) is 0.348. The Labute approximate surface area is 191 Å². The maximum atomic E-state index is 13.0. The third-order valence-corrected chi connectivity index (χ3v) is 5.50. The molecule has 0 spiro atoms. The lowest BCUT2D eigenvalue weighted by atomic mass is 10.0. The van der Waals surface area contributed by atoms with E-state index in [4.69, 9.17) is 11.6 Å². The summed E-state index contributed by atoms with van der Waals surface area (Å²) in [6.07, 6.45) is 0.145. The molecule has 9 heteroatoms. The average Bonchev–Trinajstić information content (AvgIpc) is 2.75. The van der Waals surface area contributed by atoms with E-state index in [0.29, 0.717) is 36.9 Å². The first-order valence-electron chi connectivity index (χ1n) is 10.4. The second-order valence-corrected chi connectivity index (χ2v) is 8.16. The maximum absolute atomic E-state index is 13.0. The van der Waals surface area contributed by atoms with Crippen LogP contribution in [0.2, 0.25) is 5.02 Å². The van der Waals surface area contributed by atoms with Gasteiger partial charge in [0.05, 0.1) is 19.0 Å². The molecule has 3 amide bonds. The minimum atomic E-state index is -0.434. The van der Waals surface area contributed by atoms with Crippen LogP contribution in [0.15, 0.2) is 48.5 Å². The highest BCUT2D eigenvalue weighted by Crippen LogP contribution is 2.21. The van der Waals surface area contributed by atoms with Gasteiger partial charge in [-0.3, -0.25) is 19.3 Å². The van der Waals surface area contributed by atoms with Crippen LogP contribution in [0.4, 0.5) is 10.1 Å². The predicted molar refractivity (Wildman–Crippen MR) is 121 cm³/mol. The molecule has 7 nitrogen and oxygen atoms in total. The lowest BCUT2D eigenvalue weighted by molar-refractivity contribution is -0.133. The van der Waals surface area contributed by atoms with Crippen LogP contribution in [0.3, 0.4) is 0 Å². The van der Waals surface area contributed by atoms with Crippen LogP contribution in [0.5, 0.6) is 0 Å². The highest BCUT2D eigenvalue weighted by molar-refractivity contribution is 6.30. The van der Waals surface area contributed by atoms with Crippen LogP contribution in [-0.2, 0) is 14.4 Å². The molecule has 32 heavy (non-hydrogen) atoms. The highest BCUT2D eigenvalue weighted by Gasteiger charge is 2.25. The minimum Gasteiger partial charge on any atom is -0.349 e. The van der Waals surface area contributed by atoms with Crippen molar-refractivity contribution in [2.75, 3.05) is 38.0 Å². The van der Waals surface area contributed by atoms with Crippen LogP contribution in [-0.4, -0.2) is 60.2 Å². The van der Waals surface area contributed by atoms with Crippen molar-refractivity contribution >= 4 is 35.0 Å². The normalized spacial score (nSPS) is 15.2. The summed E-state index contributed by atoms with van der Waals surface area (Å²) < 4.78 is 13.0. The van der Waals surface area contributed by atoms with E-state index in [0.717, 1.165) is 5.56 Å². The van der Waals surface area contributed by atoms with Gasteiger partial charge in [0.2, 0.25) is 17.7 Å². The van der Waals surface area contributed by atoms with Gasteiger partial charge in [0.1, 0.15) is 5.82 Å². The van der Waals surface area contributed by atoms with E-state index < -0.39 is 6.04 Å². The van der Waals surface area contributed by atoms with E-state index in [1.165, 1.54) is 31.2 Å². The fourth-order valence-electron chi connectivity index (χ4n) is 3.59. The van der Waals surface area contributed by atoms with Gasteiger partial charge in [-0.1, -0.05) is 23.7 Å². The molecule has 3 rings (SSSR count).